The standard InChI is InChI=1S/C32H28FN7O5/c1-19(2)38-17-29(30(41)40(32(38)43)24-8-5-22(33)6-9-24)45-31(42)36-23-7-10-27(20(3)13-23)44-28-14-21(25-16-37(4)18-34-25)15-39-26(28)11-12-35-39/h5-19H,1-4H3,(H,36,42). The number of imidazole rings is 1. The van der Waals surface area contributed by atoms with Crippen LogP contribution in [-0.2, 0) is 7.05 Å². The average molecular weight is 610 g/mol. The lowest BCUT2D eigenvalue weighted by Crippen LogP contribution is -2.40. The number of aryl methyl sites for hydroxylation is 2. The first-order valence-electron chi connectivity index (χ1n) is 13.9. The number of anilines is 1. The van der Waals surface area contributed by atoms with E-state index >= 15 is 0 Å². The SMILES string of the molecule is Cc1cc(NC(=O)Oc2cn(C(C)C)c(=O)n(-c3ccc(F)cc3)c2=O)ccc1Oc1cc(-c2cn(C)cn2)cn2nccc12. The lowest BCUT2D eigenvalue weighted by molar-refractivity contribution is 0.213. The van der Waals surface area contributed by atoms with Crippen molar-refractivity contribution in [2.75, 3.05) is 5.32 Å². The highest BCUT2D eigenvalue weighted by molar-refractivity contribution is 5.86. The zero-order valence-corrected chi connectivity index (χ0v) is 24.8. The molecular weight excluding hydrogens is 581 g/mol. The Morgan fingerprint density at radius 2 is 1.73 bits per heavy atom. The molecule has 0 fully saturated rings. The lowest BCUT2D eigenvalue weighted by atomic mass is 10.2. The summed E-state index contributed by atoms with van der Waals surface area (Å²) in [7, 11) is 1.89. The second-order valence-electron chi connectivity index (χ2n) is 10.7. The summed E-state index contributed by atoms with van der Waals surface area (Å²) in [6, 6.07) is 13.2. The van der Waals surface area contributed by atoms with Crippen LogP contribution in [0.15, 0.2) is 95.3 Å². The van der Waals surface area contributed by atoms with Gasteiger partial charge in [0, 0.05) is 36.7 Å². The van der Waals surface area contributed by atoms with Crippen molar-refractivity contribution in [3.63, 3.8) is 0 Å². The van der Waals surface area contributed by atoms with Gasteiger partial charge in [0.05, 0.1) is 30.1 Å². The number of carbonyl (C=O) groups is 1. The molecule has 0 bridgehead atoms. The summed E-state index contributed by atoms with van der Waals surface area (Å²) >= 11 is 0. The summed E-state index contributed by atoms with van der Waals surface area (Å²) in [6.45, 7) is 5.30. The average Bonchev–Trinajstić information content (AvgIpc) is 3.66. The van der Waals surface area contributed by atoms with Crippen LogP contribution in [0.2, 0.25) is 0 Å². The smallest absolute Gasteiger partial charge is 0.417 e. The van der Waals surface area contributed by atoms with Crippen molar-refractivity contribution in [3.8, 4) is 34.2 Å². The van der Waals surface area contributed by atoms with E-state index in [-0.39, 0.29) is 17.5 Å². The largest absolute Gasteiger partial charge is 0.455 e. The molecule has 0 saturated heterocycles. The van der Waals surface area contributed by atoms with Crippen LogP contribution >= 0.6 is 0 Å². The molecule has 1 amide bonds. The second kappa shape index (κ2) is 11.6. The number of nitrogens with one attached hydrogen (secondary N) is 1. The fourth-order valence-electron chi connectivity index (χ4n) is 4.79. The van der Waals surface area contributed by atoms with Gasteiger partial charge in [0.15, 0.2) is 5.75 Å². The van der Waals surface area contributed by atoms with Gasteiger partial charge in [-0.15, -0.1) is 0 Å². The number of rotatable bonds is 7. The van der Waals surface area contributed by atoms with Gasteiger partial charge < -0.3 is 14.0 Å². The second-order valence-corrected chi connectivity index (χ2v) is 10.7. The van der Waals surface area contributed by atoms with Crippen molar-refractivity contribution < 1.29 is 18.7 Å². The summed E-state index contributed by atoms with van der Waals surface area (Å²) in [5.74, 6) is 0.208. The Hall–Kier alpha value is -5.98. The van der Waals surface area contributed by atoms with Crippen molar-refractivity contribution in [2.45, 2.75) is 26.8 Å². The molecule has 0 aliphatic carbocycles. The molecule has 0 radical (unpaired) electrons. The number of hydrogen-bond acceptors (Lipinski definition) is 7. The number of ether oxygens (including phenoxy) is 2. The third-order valence-corrected chi connectivity index (χ3v) is 7.04. The lowest BCUT2D eigenvalue weighted by Gasteiger charge is -2.16. The van der Waals surface area contributed by atoms with Crippen molar-refractivity contribution in [2.24, 2.45) is 7.05 Å². The van der Waals surface area contributed by atoms with E-state index in [0.717, 1.165) is 33.5 Å². The van der Waals surface area contributed by atoms with Gasteiger partial charge in [-0.2, -0.15) is 5.10 Å². The number of carbonyl (C=O) groups excluding carboxylic acids is 1. The monoisotopic (exact) mass is 609 g/mol. The first-order valence-corrected chi connectivity index (χ1v) is 13.9. The first kappa shape index (κ1) is 29.1. The number of pyridine rings is 1. The topological polar surface area (TPSA) is 127 Å². The van der Waals surface area contributed by atoms with Gasteiger partial charge in [0.2, 0.25) is 5.75 Å². The molecule has 6 rings (SSSR count). The van der Waals surface area contributed by atoms with Crippen molar-refractivity contribution in [1.29, 1.82) is 0 Å². The van der Waals surface area contributed by atoms with Gasteiger partial charge in [0.25, 0.3) is 0 Å². The molecule has 13 heteroatoms. The number of amides is 1. The molecule has 228 valence electrons. The zero-order valence-electron chi connectivity index (χ0n) is 24.8. The number of fused-ring (bicyclic) bond motifs is 1. The van der Waals surface area contributed by atoms with Crippen molar-refractivity contribution >= 4 is 17.3 Å². The third-order valence-electron chi connectivity index (χ3n) is 7.04. The van der Waals surface area contributed by atoms with Crippen LogP contribution in [0.3, 0.4) is 0 Å². The highest BCUT2D eigenvalue weighted by atomic mass is 19.1. The van der Waals surface area contributed by atoms with E-state index < -0.39 is 23.2 Å². The molecule has 0 aliphatic rings. The zero-order chi connectivity index (χ0) is 31.8. The third kappa shape index (κ3) is 5.83. The van der Waals surface area contributed by atoms with Crippen molar-refractivity contribution in [3.05, 3.63) is 118 Å². The van der Waals surface area contributed by atoms with Crippen LogP contribution in [0.1, 0.15) is 25.5 Å². The van der Waals surface area contributed by atoms with Crippen molar-refractivity contribution in [1.82, 2.24) is 28.3 Å². The van der Waals surface area contributed by atoms with Gasteiger partial charge in [-0.05, 0) is 80.9 Å². The molecule has 0 aliphatic heterocycles. The summed E-state index contributed by atoms with van der Waals surface area (Å²) < 4.78 is 30.8. The van der Waals surface area contributed by atoms with E-state index in [9.17, 15) is 18.8 Å². The highest BCUT2D eigenvalue weighted by Crippen LogP contribution is 2.33. The summed E-state index contributed by atoms with van der Waals surface area (Å²) in [5, 5.41) is 6.96. The number of hydrogen-bond donors (Lipinski definition) is 1. The maximum Gasteiger partial charge on any atom is 0.417 e. The van der Waals surface area contributed by atoms with E-state index in [2.05, 4.69) is 15.4 Å². The minimum atomic E-state index is -0.941. The Kier molecular flexibility index (Phi) is 7.50. The Morgan fingerprint density at radius 1 is 0.956 bits per heavy atom. The minimum absolute atomic E-state index is 0.136. The Bertz CT molecular complexity index is 2180. The quantitative estimate of drug-likeness (QED) is 0.254. The van der Waals surface area contributed by atoms with Gasteiger partial charge in [-0.1, -0.05) is 0 Å². The predicted octanol–water partition coefficient (Wildman–Crippen LogP) is 5.48. The maximum absolute atomic E-state index is 13.5. The molecule has 4 aromatic heterocycles. The van der Waals surface area contributed by atoms with Gasteiger partial charge in [0.1, 0.15) is 17.1 Å². The Morgan fingerprint density at radius 3 is 2.42 bits per heavy atom. The molecule has 1 N–H and O–H groups in total. The van der Waals surface area contributed by atoms with Gasteiger partial charge in [-0.25, -0.2) is 28.0 Å². The first-order chi connectivity index (χ1) is 21.6. The highest BCUT2D eigenvalue weighted by Gasteiger charge is 2.19. The molecule has 4 heterocycles. The Labute approximate surface area is 255 Å². The maximum atomic E-state index is 13.5. The minimum Gasteiger partial charge on any atom is -0.455 e. The molecule has 0 saturated carbocycles. The van der Waals surface area contributed by atoms with E-state index in [1.165, 1.54) is 22.9 Å². The molecule has 0 unspecified atom stereocenters. The van der Waals surface area contributed by atoms with Crippen LogP contribution < -0.4 is 26.0 Å². The number of halogens is 1. The number of benzene rings is 2. The molecule has 6 aromatic rings. The van der Waals surface area contributed by atoms with E-state index in [1.54, 1.807) is 49.1 Å². The predicted molar refractivity (Wildman–Crippen MR) is 165 cm³/mol. The fourth-order valence-corrected chi connectivity index (χ4v) is 4.79. The van der Waals surface area contributed by atoms with E-state index in [1.807, 2.05) is 43.1 Å². The molecular formula is C32H28FN7O5. The molecule has 2 aromatic carbocycles. The van der Waals surface area contributed by atoms with Crippen LogP contribution in [0.25, 0.3) is 22.5 Å². The summed E-state index contributed by atoms with van der Waals surface area (Å²) in [6.07, 6.45) is 7.41. The van der Waals surface area contributed by atoms with Crippen LogP contribution in [0, 0.1) is 12.7 Å². The number of nitrogens with zero attached hydrogens (tertiary/aromatic N) is 6. The van der Waals surface area contributed by atoms with E-state index in [4.69, 9.17) is 9.47 Å². The normalized spacial score (nSPS) is 11.2. The molecule has 12 nitrogen and oxygen atoms in total. The van der Waals surface area contributed by atoms with Gasteiger partial charge in [-0.3, -0.25) is 14.7 Å². The van der Waals surface area contributed by atoms with Gasteiger partial charge >= 0.3 is 17.3 Å². The van der Waals surface area contributed by atoms with E-state index in [0.29, 0.717) is 22.7 Å². The number of aromatic nitrogens is 6. The summed E-state index contributed by atoms with van der Waals surface area (Å²) in [4.78, 5) is 43.6. The van der Waals surface area contributed by atoms with Crippen LogP contribution in [0.5, 0.6) is 17.2 Å². The fraction of sp³-hybridized carbons (Fsp3) is 0.156. The van der Waals surface area contributed by atoms with Crippen LogP contribution in [0.4, 0.5) is 14.9 Å². The Balaban J connectivity index is 1.24. The molecule has 45 heavy (non-hydrogen) atoms. The van der Waals surface area contributed by atoms with Crippen LogP contribution in [-0.4, -0.2) is 34.4 Å². The molecule has 0 atom stereocenters. The molecule has 0 spiro atoms. The summed E-state index contributed by atoms with van der Waals surface area (Å²) in [5.41, 5.74) is 2.06.